The van der Waals surface area contributed by atoms with E-state index in [0.717, 1.165) is 16.8 Å². The number of hydrogen-bond acceptors (Lipinski definition) is 6. The fourth-order valence-corrected chi connectivity index (χ4v) is 3.65. The van der Waals surface area contributed by atoms with Crippen LogP contribution < -0.4 is 10.6 Å². The quantitative estimate of drug-likeness (QED) is 0.529. The minimum atomic E-state index is -0.167. The lowest BCUT2D eigenvalue weighted by Gasteiger charge is -2.03. The summed E-state index contributed by atoms with van der Waals surface area (Å²) in [4.78, 5) is 39.2. The van der Waals surface area contributed by atoms with E-state index in [4.69, 9.17) is 4.42 Å². The molecule has 156 valence electrons. The second-order valence-corrected chi connectivity index (χ2v) is 7.79. The van der Waals surface area contributed by atoms with Gasteiger partial charge < -0.3 is 15.1 Å². The summed E-state index contributed by atoms with van der Waals surface area (Å²) in [5.74, 6) is 0.906. The molecule has 0 atom stereocenters. The third-order valence-corrected chi connectivity index (χ3v) is 5.25. The number of thiazole rings is 1. The highest BCUT2D eigenvalue weighted by atomic mass is 32.1. The van der Waals surface area contributed by atoms with Crippen LogP contribution in [0.3, 0.4) is 0 Å². The van der Waals surface area contributed by atoms with Crippen LogP contribution in [0.5, 0.6) is 0 Å². The van der Waals surface area contributed by atoms with Crippen LogP contribution >= 0.6 is 11.3 Å². The molecule has 0 fully saturated rings. The van der Waals surface area contributed by atoms with Gasteiger partial charge >= 0.3 is 0 Å². The zero-order valence-corrected chi connectivity index (χ0v) is 17.9. The fraction of sp³-hybridized carbons (Fsp3) is 0.273. The smallest absolute Gasteiger partial charge is 0.226 e. The van der Waals surface area contributed by atoms with E-state index in [-0.39, 0.29) is 24.0 Å². The van der Waals surface area contributed by atoms with E-state index in [1.807, 2.05) is 29.6 Å². The predicted molar refractivity (Wildman–Crippen MR) is 115 cm³/mol. The standard InChI is InChI=1S/C22H23N3O4S/c1-13(26)19-10-18(29-14(19)2)8-9-21(28)25-22-24-20(12-30-22)17-6-4-16(5-7-17)11-23-15(3)27/h4-7,10,12H,8-9,11H2,1-3H3,(H,23,27)(H,24,25,28). The van der Waals surface area contributed by atoms with Crippen molar-refractivity contribution in [3.05, 3.63) is 58.4 Å². The summed E-state index contributed by atoms with van der Waals surface area (Å²) in [6.45, 7) is 5.20. The molecule has 0 aliphatic rings. The largest absolute Gasteiger partial charge is 0.466 e. The molecule has 0 bridgehead atoms. The van der Waals surface area contributed by atoms with E-state index in [1.165, 1.54) is 25.2 Å². The van der Waals surface area contributed by atoms with Crippen molar-refractivity contribution in [3.63, 3.8) is 0 Å². The maximum Gasteiger partial charge on any atom is 0.226 e. The molecule has 8 heteroatoms. The number of furan rings is 1. The Morgan fingerprint density at radius 2 is 1.87 bits per heavy atom. The Hall–Kier alpha value is -3.26. The first kappa shape index (κ1) is 21.4. The molecule has 0 aliphatic heterocycles. The Morgan fingerprint density at radius 1 is 1.13 bits per heavy atom. The Kier molecular flexibility index (Phi) is 6.79. The lowest BCUT2D eigenvalue weighted by Crippen LogP contribution is -2.18. The number of benzene rings is 1. The number of carbonyl (C=O) groups excluding carboxylic acids is 3. The lowest BCUT2D eigenvalue weighted by molar-refractivity contribution is -0.119. The van der Waals surface area contributed by atoms with Gasteiger partial charge in [-0.3, -0.25) is 14.4 Å². The van der Waals surface area contributed by atoms with Crippen molar-refractivity contribution in [2.24, 2.45) is 0 Å². The number of rotatable bonds is 8. The van der Waals surface area contributed by atoms with Crippen molar-refractivity contribution in [1.82, 2.24) is 10.3 Å². The molecule has 0 radical (unpaired) electrons. The number of anilines is 1. The van der Waals surface area contributed by atoms with Crippen LogP contribution in [-0.4, -0.2) is 22.6 Å². The summed E-state index contributed by atoms with van der Waals surface area (Å²) >= 11 is 1.36. The first-order valence-electron chi connectivity index (χ1n) is 9.51. The summed E-state index contributed by atoms with van der Waals surface area (Å²) in [6, 6.07) is 9.43. The monoisotopic (exact) mass is 425 g/mol. The zero-order chi connectivity index (χ0) is 21.7. The maximum atomic E-state index is 12.2. The molecule has 3 rings (SSSR count). The Labute approximate surface area is 178 Å². The van der Waals surface area contributed by atoms with Gasteiger partial charge in [0.05, 0.1) is 11.3 Å². The van der Waals surface area contributed by atoms with Crippen molar-refractivity contribution < 1.29 is 18.8 Å². The van der Waals surface area contributed by atoms with Crippen LogP contribution in [0.25, 0.3) is 11.3 Å². The van der Waals surface area contributed by atoms with E-state index in [2.05, 4.69) is 15.6 Å². The highest BCUT2D eigenvalue weighted by Gasteiger charge is 2.13. The van der Waals surface area contributed by atoms with Crippen LogP contribution in [-0.2, 0) is 22.6 Å². The number of Topliss-reactive ketones (excluding diaryl/α,β-unsaturated/α-hetero) is 1. The summed E-state index contributed by atoms with van der Waals surface area (Å²) in [5, 5.41) is 7.97. The number of ketones is 1. The summed E-state index contributed by atoms with van der Waals surface area (Å²) in [7, 11) is 0. The highest BCUT2D eigenvalue weighted by molar-refractivity contribution is 7.14. The van der Waals surface area contributed by atoms with Crippen LogP contribution in [0.15, 0.2) is 40.1 Å². The van der Waals surface area contributed by atoms with Crippen LogP contribution in [0.2, 0.25) is 0 Å². The van der Waals surface area contributed by atoms with Gasteiger partial charge in [0, 0.05) is 37.3 Å². The van der Waals surface area contributed by atoms with Crippen LogP contribution in [0, 0.1) is 6.92 Å². The molecule has 3 aromatic rings. The van der Waals surface area contributed by atoms with Crippen LogP contribution in [0.4, 0.5) is 5.13 Å². The van der Waals surface area contributed by atoms with Crippen LogP contribution in [0.1, 0.15) is 47.7 Å². The second kappa shape index (κ2) is 9.49. The van der Waals surface area contributed by atoms with Gasteiger partial charge in [-0.2, -0.15) is 0 Å². The predicted octanol–water partition coefficient (Wildman–Crippen LogP) is 4.12. The topological polar surface area (TPSA) is 101 Å². The SMILES string of the molecule is CC(=O)NCc1ccc(-c2csc(NC(=O)CCc3cc(C(C)=O)c(C)o3)n2)cc1. The molecule has 7 nitrogen and oxygen atoms in total. The van der Waals surface area contributed by atoms with Gasteiger partial charge in [0.25, 0.3) is 0 Å². The van der Waals surface area contributed by atoms with Gasteiger partial charge in [-0.05, 0) is 25.5 Å². The third-order valence-electron chi connectivity index (χ3n) is 4.49. The number of nitrogens with zero attached hydrogens (tertiary/aromatic N) is 1. The van der Waals surface area contributed by atoms with Crippen molar-refractivity contribution in [1.29, 1.82) is 0 Å². The molecule has 0 saturated carbocycles. The van der Waals surface area contributed by atoms with Gasteiger partial charge in [-0.25, -0.2) is 4.98 Å². The fourth-order valence-electron chi connectivity index (χ4n) is 2.92. The first-order valence-corrected chi connectivity index (χ1v) is 10.4. The van der Waals surface area contributed by atoms with E-state index in [0.29, 0.717) is 35.2 Å². The summed E-state index contributed by atoms with van der Waals surface area (Å²) < 4.78 is 5.54. The van der Waals surface area contributed by atoms with Crippen molar-refractivity contribution in [3.8, 4) is 11.3 Å². The average molecular weight is 426 g/mol. The Bertz CT molecular complexity index is 1070. The molecule has 0 unspecified atom stereocenters. The summed E-state index contributed by atoms with van der Waals surface area (Å²) in [5.41, 5.74) is 3.26. The van der Waals surface area contributed by atoms with Gasteiger partial charge in [0.15, 0.2) is 10.9 Å². The molecular formula is C22H23N3O4S. The molecule has 2 aromatic heterocycles. The third kappa shape index (κ3) is 5.64. The average Bonchev–Trinajstić information content (AvgIpc) is 3.31. The molecule has 0 spiro atoms. The molecule has 2 heterocycles. The van der Waals surface area contributed by atoms with E-state index >= 15 is 0 Å². The number of aromatic nitrogens is 1. The minimum Gasteiger partial charge on any atom is -0.466 e. The normalized spacial score (nSPS) is 10.6. The number of aryl methyl sites for hydroxylation is 2. The van der Waals surface area contributed by atoms with Crippen molar-refractivity contribution >= 4 is 34.1 Å². The second-order valence-electron chi connectivity index (χ2n) is 6.93. The Balaban J connectivity index is 1.54. The molecule has 0 saturated heterocycles. The molecule has 1 aromatic carbocycles. The summed E-state index contributed by atoms with van der Waals surface area (Å²) in [6.07, 6.45) is 0.644. The maximum absolute atomic E-state index is 12.2. The molecule has 2 N–H and O–H groups in total. The van der Waals surface area contributed by atoms with Gasteiger partial charge in [0.2, 0.25) is 11.8 Å². The van der Waals surface area contributed by atoms with Gasteiger partial charge in [-0.15, -0.1) is 11.3 Å². The Morgan fingerprint density at radius 3 is 2.50 bits per heavy atom. The molecule has 30 heavy (non-hydrogen) atoms. The van der Waals surface area contributed by atoms with E-state index in [1.54, 1.807) is 13.0 Å². The highest BCUT2D eigenvalue weighted by Crippen LogP contribution is 2.25. The van der Waals surface area contributed by atoms with E-state index < -0.39 is 0 Å². The van der Waals surface area contributed by atoms with E-state index in [9.17, 15) is 14.4 Å². The molecular weight excluding hydrogens is 402 g/mol. The zero-order valence-electron chi connectivity index (χ0n) is 17.1. The lowest BCUT2D eigenvalue weighted by atomic mass is 10.1. The van der Waals surface area contributed by atoms with Crippen molar-refractivity contribution in [2.75, 3.05) is 5.32 Å². The first-order chi connectivity index (χ1) is 14.3. The van der Waals surface area contributed by atoms with Gasteiger partial charge in [-0.1, -0.05) is 24.3 Å². The number of amides is 2. The molecule has 2 amide bonds. The minimum absolute atomic E-state index is 0.0505. The van der Waals surface area contributed by atoms with Gasteiger partial charge in [0.1, 0.15) is 11.5 Å². The number of hydrogen-bond donors (Lipinski definition) is 2. The molecule has 0 aliphatic carbocycles. The number of nitrogens with one attached hydrogen (secondary N) is 2. The van der Waals surface area contributed by atoms with Crippen molar-refractivity contribution in [2.45, 2.75) is 40.2 Å². The number of carbonyl (C=O) groups is 3.